The van der Waals surface area contributed by atoms with E-state index in [1.165, 1.54) is 29.0 Å². The summed E-state index contributed by atoms with van der Waals surface area (Å²) in [7, 11) is 0. The van der Waals surface area contributed by atoms with Gasteiger partial charge in [-0.1, -0.05) is 12.1 Å². The Morgan fingerprint density at radius 2 is 2.00 bits per heavy atom. The van der Waals surface area contributed by atoms with Crippen LogP contribution in [0.1, 0.15) is 32.1 Å². The van der Waals surface area contributed by atoms with Gasteiger partial charge in [0.1, 0.15) is 5.82 Å². The molecule has 0 aliphatic heterocycles. The number of hydrazine groups is 1. The van der Waals surface area contributed by atoms with Gasteiger partial charge in [0.2, 0.25) is 0 Å². The number of amides is 1. The number of benzene rings is 1. The van der Waals surface area contributed by atoms with Gasteiger partial charge in [0.25, 0.3) is 5.91 Å². The zero-order valence-electron chi connectivity index (χ0n) is 12.3. The Kier molecular flexibility index (Phi) is 4.88. The SMILES string of the molecule is O=C(NNC(=S)NCc1ccc(F)cc1)c1cc2c(s1)CCC2. The molecule has 23 heavy (non-hydrogen) atoms. The number of rotatable bonds is 3. The highest BCUT2D eigenvalue weighted by Crippen LogP contribution is 2.30. The zero-order chi connectivity index (χ0) is 16.2. The van der Waals surface area contributed by atoms with E-state index in [0.717, 1.165) is 18.4 Å². The van der Waals surface area contributed by atoms with Crippen molar-refractivity contribution in [2.45, 2.75) is 25.8 Å². The maximum atomic E-state index is 12.8. The van der Waals surface area contributed by atoms with Gasteiger partial charge in [-0.05, 0) is 60.8 Å². The van der Waals surface area contributed by atoms with E-state index in [2.05, 4.69) is 16.2 Å². The van der Waals surface area contributed by atoms with Gasteiger partial charge in [-0.2, -0.15) is 0 Å². The summed E-state index contributed by atoms with van der Waals surface area (Å²) in [6.07, 6.45) is 3.31. The van der Waals surface area contributed by atoms with Crippen molar-refractivity contribution in [2.24, 2.45) is 0 Å². The normalized spacial score (nSPS) is 12.6. The van der Waals surface area contributed by atoms with Crippen molar-refractivity contribution in [3.05, 3.63) is 57.0 Å². The van der Waals surface area contributed by atoms with Crippen LogP contribution in [0.2, 0.25) is 0 Å². The van der Waals surface area contributed by atoms with Crippen molar-refractivity contribution >= 4 is 34.6 Å². The van der Waals surface area contributed by atoms with Crippen LogP contribution in [0, 0.1) is 5.82 Å². The number of thiophene rings is 1. The van der Waals surface area contributed by atoms with Crippen molar-refractivity contribution in [3.63, 3.8) is 0 Å². The number of aryl methyl sites for hydroxylation is 2. The molecule has 1 aliphatic rings. The summed E-state index contributed by atoms with van der Waals surface area (Å²) in [4.78, 5) is 14.1. The molecule has 0 saturated heterocycles. The molecule has 0 unspecified atom stereocenters. The fourth-order valence-electron chi connectivity index (χ4n) is 2.44. The van der Waals surface area contributed by atoms with Gasteiger partial charge < -0.3 is 5.32 Å². The Morgan fingerprint density at radius 3 is 2.74 bits per heavy atom. The number of nitrogens with one attached hydrogen (secondary N) is 3. The average molecular weight is 349 g/mol. The molecule has 1 aliphatic carbocycles. The number of hydrogen-bond donors (Lipinski definition) is 3. The molecule has 0 atom stereocenters. The quantitative estimate of drug-likeness (QED) is 0.589. The third kappa shape index (κ3) is 4.05. The Labute approximate surface area is 143 Å². The van der Waals surface area contributed by atoms with Crippen molar-refractivity contribution in [1.29, 1.82) is 0 Å². The number of thiocarbonyl (C=S) groups is 1. The highest BCUT2D eigenvalue weighted by molar-refractivity contribution is 7.80. The van der Waals surface area contributed by atoms with Gasteiger partial charge in [0, 0.05) is 11.4 Å². The lowest BCUT2D eigenvalue weighted by molar-refractivity contribution is 0.0947. The zero-order valence-corrected chi connectivity index (χ0v) is 14.0. The third-order valence-electron chi connectivity index (χ3n) is 3.63. The summed E-state index contributed by atoms with van der Waals surface area (Å²) in [5.74, 6) is -0.458. The Balaban J connectivity index is 1.44. The van der Waals surface area contributed by atoms with E-state index in [1.54, 1.807) is 23.5 Å². The smallest absolute Gasteiger partial charge is 0.279 e. The van der Waals surface area contributed by atoms with E-state index in [0.29, 0.717) is 16.5 Å². The van der Waals surface area contributed by atoms with E-state index in [-0.39, 0.29) is 11.7 Å². The molecule has 2 aromatic rings. The van der Waals surface area contributed by atoms with Crippen LogP contribution in [-0.4, -0.2) is 11.0 Å². The lowest BCUT2D eigenvalue weighted by Crippen LogP contribution is -2.46. The summed E-state index contributed by atoms with van der Waals surface area (Å²) < 4.78 is 12.8. The van der Waals surface area contributed by atoms with Gasteiger partial charge in [-0.3, -0.25) is 15.6 Å². The second-order valence-electron chi connectivity index (χ2n) is 5.30. The highest BCUT2D eigenvalue weighted by Gasteiger charge is 2.18. The fraction of sp³-hybridized carbons (Fsp3) is 0.250. The maximum Gasteiger partial charge on any atom is 0.279 e. The monoisotopic (exact) mass is 349 g/mol. The maximum absolute atomic E-state index is 12.8. The molecule has 7 heteroatoms. The van der Waals surface area contributed by atoms with E-state index >= 15 is 0 Å². The summed E-state index contributed by atoms with van der Waals surface area (Å²) in [5, 5.41) is 3.26. The van der Waals surface area contributed by atoms with Crippen LogP contribution in [-0.2, 0) is 19.4 Å². The first-order chi connectivity index (χ1) is 11.1. The Bertz CT molecular complexity index is 706. The molecular weight excluding hydrogens is 333 g/mol. The van der Waals surface area contributed by atoms with E-state index in [1.807, 2.05) is 6.07 Å². The van der Waals surface area contributed by atoms with E-state index < -0.39 is 0 Å². The van der Waals surface area contributed by atoms with Crippen LogP contribution in [0.25, 0.3) is 0 Å². The predicted molar refractivity (Wildman–Crippen MR) is 92.8 cm³/mol. The predicted octanol–water partition coefficient (Wildman–Crippen LogP) is 2.69. The van der Waals surface area contributed by atoms with Crippen molar-refractivity contribution < 1.29 is 9.18 Å². The number of hydrogen-bond acceptors (Lipinski definition) is 3. The Morgan fingerprint density at radius 1 is 1.22 bits per heavy atom. The molecule has 0 spiro atoms. The molecule has 3 rings (SSSR count). The third-order valence-corrected chi connectivity index (χ3v) is 5.11. The minimum atomic E-state index is -0.274. The van der Waals surface area contributed by atoms with Crippen LogP contribution in [0.15, 0.2) is 30.3 Å². The first-order valence-electron chi connectivity index (χ1n) is 7.32. The fourth-order valence-corrected chi connectivity index (χ4v) is 3.72. The molecule has 1 aromatic heterocycles. The van der Waals surface area contributed by atoms with Gasteiger partial charge in [-0.15, -0.1) is 11.3 Å². The van der Waals surface area contributed by atoms with Gasteiger partial charge >= 0.3 is 0 Å². The van der Waals surface area contributed by atoms with Crippen LogP contribution >= 0.6 is 23.6 Å². The molecular formula is C16H16FN3OS2. The van der Waals surface area contributed by atoms with Gasteiger partial charge in [0.15, 0.2) is 5.11 Å². The first kappa shape index (κ1) is 15.9. The lowest BCUT2D eigenvalue weighted by atomic mass is 10.2. The van der Waals surface area contributed by atoms with Crippen LogP contribution in [0.4, 0.5) is 4.39 Å². The summed E-state index contributed by atoms with van der Waals surface area (Å²) in [6.45, 7) is 0.454. The molecule has 1 heterocycles. The molecule has 0 saturated carbocycles. The summed E-state index contributed by atoms with van der Waals surface area (Å²) in [5.41, 5.74) is 7.46. The molecule has 1 aromatic carbocycles. The molecule has 120 valence electrons. The topological polar surface area (TPSA) is 53.2 Å². The highest BCUT2D eigenvalue weighted by atomic mass is 32.1. The van der Waals surface area contributed by atoms with Gasteiger partial charge in [-0.25, -0.2) is 4.39 Å². The van der Waals surface area contributed by atoms with Crippen molar-refractivity contribution in [3.8, 4) is 0 Å². The largest absolute Gasteiger partial charge is 0.357 e. The van der Waals surface area contributed by atoms with Crippen LogP contribution in [0.5, 0.6) is 0 Å². The second-order valence-corrected chi connectivity index (χ2v) is 6.85. The number of carbonyl (C=O) groups excluding carboxylic acids is 1. The molecule has 4 nitrogen and oxygen atoms in total. The summed E-state index contributed by atoms with van der Waals surface area (Å²) >= 11 is 6.65. The lowest BCUT2D eigenvalue weighted by Gasteiger charge is -2.11. The van der Waals surface area contributed by atoms with Gasteiger partial charge in [0.05, 0.1) is 4.88 Å². The number of halogens is 1. The van der Waals surface area contributed by atoms with Crippen molar-refractivity contribution in [2.75, 3.05) is 0 Å². The van der Waals surface area contributed by atoms with Crippen LogP contribution < -0.4 is 16.2 Å². The van der Waals surface area contributed by atoms with Crippen LogP contribution in [0.3, 0.4) is 0 Å². The molecule has 3 N–H and O–H groups in total. The van der Waals surface area contributed by atoms with E-state index in [9.17, 15) is 9.18 Å². The second kappa shape index (κ2) is 7.06. The minimum absolute atomic E-state index is 0.185. The number of fused-ring (bicyclic) bond motifs is 1. The molecule has 0 fully saturated rings. The molecule has 1 amide bonds. The average Bonchev–Trinajstić information content (AvgIpc) is 3.13. The molecule has 0 radical (unpaired) electrons. The standard InChI is InChI=1S/C16H16FN3OS2/c17-12-6-4-10(5-7-12)9-18-16(22)20-19-15(21)14-8-11-2-1-3-13(11)23-14/h4-8H,1-3,9H2,(H,19,21)(H2,18,20,22). The minimum Gasteiger partial charge on any atom is -0.357 e. The first-order valence-corrected chi connectivity index (χ1v) is 8.54. The number of carbonyl (C=O) groups is 1. The van der Waals surface area contributed by atoms with Crippen molar-refractivity contribution in [1.82, 2.24) is 16.2 Å². The molecule has 0 bridgehead atoms. The van der Waals surface area contributed by atoms with E-state index in [4.69, 9.17) is 12.2 Å². The summed E-state index contributed by atoms with van der Waals surface area (Å²) in [6, 6.07) is 8.10. The Hall–Kier alpha value is -1.99.